The summed E-state index contributed by atoms with van der Waals surface area (Å²) in [4.78, 5) is 12.2. The molecule has 0 bridgehead atoms. The van der Waals surface area contributed by atoms with Crippen LogP contribution in [0.25, 0.3) is 0 Å². The minimum atomic E-state index is -0.539. The van der Waals surface area contributed by atoms with E-state index in [1.54, 1.807) is 0 Å². The molecular formula is C12H20N2O2S. The molecule has 2 rings (SSSR count). The SMILES string of the molecule is NC(=S)C1(C(=O)NCCOC2CCCC2)CC1. The van der Waals surface area contributed by atoms with E-state index in [2.05, 4.69) is 5.32 Å². The maximum absolute atomic E-state index is 11.8. The van der Waals surface area contributed by atoms with Crippen LogP contribution in [0, 0.1) is 5.41 Å². The molecule has 2 aliphatic carbocycles. The van der Waals surface area contributed by atoms with Crippen molar-refractivity contribution in [3.8, 4) is 0 Å². The van der Waals surface area contributed by atoms with Crippen LogP contribution in [0.4, 0.5) is 0 Å². The number of hydrogen-bond donors (Lipinski definition) is 2. The molecule has 17 heavy (non-hydrogen) atoms. The van der Waals surface area contributed by atoms with Crippen molar-refractivity contribution in [2.24, 2.45) is 11.1 Å². The molecule has 2 aliphatic rings. The molecule has 0 atom stereocenters. The first-order valence-corrected chi connectivity index (χ1v) is 6.76. The molecule has 4 nitrogen and oxygen atoms in total. The van der Waals surface area contributed by atoms with Gasteiger partial charge in [0.15, 0.2) is 0 Å². The number of rotatable bonds is 6. The van der Waals surface area contributed by atoms with Gasteiger partial charge in [0, 0.05) is 6.54 Å². The lowest BCUT2D eigenvalue weighted by Crippen LogP contribution is -2.41. The van der Waals surface area contributed by atoms with Crippen molar-refractivity contribution in [3.05, 3.63) is 0 Å². The summed E-state index contributed by atoms with van der Waals surface area (Å²) in [6.45, 7) is 1.14. The van der Waals surface area contributed by atoms with Gasteiger partial charge in [0.2, 0.25) is 5.91 Å². The summed E-state index contributed by atoms with van der Waals surface area (Å²) in [5.41, 5.74) is 5.04. The van der Waals surface area contributed by atoms with E-state index in [1.807, 2.05) is 0 Å². The number of thiocarbonyl (C=S) groups is 1. The third-order valence-electron chi connectivity index (χ3n) is 3.70. The quantitative estimate of drug-likeness (QED) is 0.552. The van der Waals surface area contributed by atoms with Gasteiger partial charge in [-0.2, -0.15) is 0 Å². The Bertz CT molecular complexity index is 310. The van der Waals surface area contributed by atoms with Gasteiger partial charge in [-0.25, -0.2) is 0 Å². The van der Waals surface area contributed by atoms with Crippen molar-refractivity contribution >= 4 is 23.1 Å². The third kappa shape index (κ3) is 2.96. The van der Waals surface area contributed by atoms with Crippen LogP contribution in [0.1, 0.15) is 38.5 Å². The Morgan fingerprint density at radius 1 is 1.41 bits per heavy atom. The van der Waals surface area contributed by atoms with Crippen LogP contribution in [0.5, 0.6) is 0 Å². The second kappa shape index (κ2) is 5.31. The molecule has 0 spiro atoms. The normalized spacial score (nSPS) is 22.4. The van der Waals surface area contributed by atoms with Crippen molar-refractivity contribution in [1.82, 2.24) is 5.32 Å². The summed E-state index contributed by atoms with van der Waals surface area (Å²) >= 11 is 4.92. The van der Waals surface area contributed by atoms with Crippen LogP contribution in [-0.4, -0.2) is 30.2 Å². The van der Waals surface area contributed by atoms with E-state index in [0.717, 1.165) is 25.7 Å². The number of carbonyl (C=O) groups is 1. The Morgan fingerprint density at radius 2 is 2.06 bits per heavy atom. The molecule has 0 aliphatic heterocycles. The molecule has 0 saturated heterocycles. The predicted octanol–water partition coefficient (Wildman–Crippen LogP) is 1.13. The van der Waals surface area contributed by atoms with Crippen LogP contribution in [-0.2, 0) is 9.53 Å². The number of hydrogen-bond acceptors (Lipinski definition) is 3. The minimum absolute atomic E-state index is 0.0278. The Balaban J connectivity index is 1.62. The number of nitrogens with two attached hydrogens (primary N) is 1. The molecule has 1 amide bonds. The highest BCUT2D eigenvalue weighted by molar-refractivity contribution is 7.80. The molecule has 96 valence electrons. The van der Waals surface area contributed by atoms with Gasteiger partial charge >= 0.3 is 0 Å². The van der Waals surface area contributed by atoms with Crippen LogP contribution >= 0.6 is 12.2 Å². The topological polar surface area (TPSA) is 64.4 Å². The van der Waals surface area contributed by atoms with E-state index in [4.69, 9.17) is 22.7 Å². The Hall–Kier alpha value is -0.680. The van der Waals surface area contributed by atoms with Crippen LogP contribution in [0.15, 0.2) is 0 Å². The first kappa shape index (κ1) is 12.8. The standard InChI is InChI=1S/C12H20N2O2S/c13-10(17)12(5-6-12)11(15)14-7-8-16-9-3-1-2-4-9/h9H,1-8H2,(H2,13,17)(H,14,15). The fourth-order valence-electron chi connectivity index (χ4n) is 2.32. The van der Waals surface area contributed by atoms with Gasteiger partial charge in [-0.3, -0.25) is 4.79 Å². The number of nitrogens with one attached hydrogen (secondary N) is 1. The molecule has 5 heteroatoms. The van der Waals surface area contributed by atoms with Crippen LogP contribution in [0.3, 0.4) is 0 Å². The fraction of sp³-hybridized carbons (Fsp3) is 0.833. The highest BCUT2D eigenvalue weighted by Gasteiger charge is 2.52. The van der Waals surface area contributed by atoms with Gasteiger partial charge in [-0.15, -0.1) is 0 Å². The van der Waals surface area contributed by atoms with Crippen LogP contribution in [0.2, 0.25) is 0 Å². The number of amides is 1. The molecule has 0 aromatic rings. The van der Waals surface area contributed by atoms with Crippen LogP contribution < -0.4 is 11.1 Å². The van der Waals surface area contributed by atoms with E-state index in [0.29, 0.717) is 24.2 Å². The maximum Gasteiger partial charge on any atom is 0.233 e. The number of carbonyl (C=O) groups excluding carboxylic acids is 1. The van der Waals surface area contributed by atoms with Crippen molar-refractivity contribution in [1.29, 1.82) is 0 Å². The average molecular weight is 256 g/mol. The molecule has 2 fully saturated rings. The molecular weight excluding hydrogens is 236 g/mol. The van der Waals surface area contributed by atoms with Gasteiger partial charge in [0.25, 0.3) is 0 Å². The first-order chi connectivity index (χ1) is 8.15. The lowest BCUT2D eigenvalue weighted by atomic mass is 10.1. The van der Waals surface area contributed by atoms with Crippen molar-refractivity contribution in [2.75, 3.05) is 13.2 Å². The zero-order valence-corrected chi connectivity index (χ0v) is 10.9. The molecule has 0 aromatic heterocycles. The van der Waals surface area contributed by atoms with Gasteiger partial charge in [0.05, 0.1) is 23.1 Å². The second-order valence-electron chi connectivity index (χ2n) is 4.98. The zero-order chi connectivity index (χ0) is 12.3. The van der Waals surface area contributed by atoms with Gasteiger partial charge < -0.3 is 15.8 Å². The summed E-state index contributed by atoms with van der Waals surface area (Å²) in [5, 5.41) is 2.86. The second-order valence-corrected chi connectivity index (χ2v) is 5.42. The largest absolute Gasteiger partial charge is 0.392 e. The fourth-order valence-corrected chi connectivity index (χ4v) is 2.62. The highest BCUT2D eigenvalue weighted by atomic mass is 32.1. The van der Waals surface area contributed by atoms with Gasteiger partial charge in [0.1, 0.15) is 0 Å². The predicted molar refractivity (Wildman–Crippen MR) is 69.7 cm³/mol. The zero-order valence-electron chi connectivity index (χ0n) is 10.0. The molecule has 0 radical (unpaired) electrons. The smallest absolute Gasteiger partial charge is 0.233 e. The summed E-state index contributed by atoms with van der Waals surface area (Å²) in [6, 6.07) is 0. The van der Waals surface area contributed by atoms with Crippen molar-refractivity contribution < 1.29 is 9.53 Å². The molecule has 0 heterocycles. The van der Waals surface area contributed by atoms with E-state index < -0.39 is 5.41 Å². The van der Waals surface area contributed by atoms with Crippen molar-refractivity contribution in [2.45, 2.75) is 44.6 Å². The Labute approximate surface area is 107 Å². The highest BCUT2D eigenvalue weighted by Crippen LogP contribution is 2.46. The van der Waals surface area contributed by atoms with Gasteiger partial charge in [-0.05, 0) is 25.7 Å². The molecule has 3 N–H and O–H groups in total. The summed E-state index contributed by atoms with van der Waals surface area (Å²) in [7, 11) is 0. The molecule has 2 saturated carbocycles. The number of ether oxygens (including phenoxy) is 1. The molecule has 0 aromatic carbocycles. The summed E-state index contributed by atoms with van der Waals surface area (Å²) < 4.78 is 5.67. The molecule has 0 unspecified atom stereocenters. The van der Waals surface area contributed by atoms with E-state index in [-0.39, 0.29) is 5.91 Å². The summed E-state index contributed by atoms with van der Waals surface area (Å²) in [6.07, 6.45) is 6.82. The first-order valence-electron chi connectivity index (χ1n) is 6.35. The van der Waals surface area contributed by atoms with E-state index in [9.17, 15) is 4.79 Å². The monoisotopic (exact) mass is 256 g/mol. The van der Waals surface area contributed by atoms with Gasteiger partial charge in [-0.1, -0.05) is 25.1 Å². The lowest BCUT2D eigenvalue weighted by Gasteiger charge is -2.15. The third-order valence-corrected chi connectivity index (χ3v) is 4.09. The maximum atomic E-state index is 11.8. The minimum Gasteiger partial charge on any atom is -0.392 e. The average Bonchev–Trinajstić information content (AvgIpc) is 2.97. The van der Waals surface area contributed by atoms with E-state index >= 15 is 0 Å². The lowest BCUT2D eigenvalue weighted by molar-refractivity contribution is -0.124. The Kier molecular flexibility index (Phi) is 3.99. The Morgan fingerprint density at radius 3 is 2.59 bits per heavy atom. The summed E-state index contributed by atoms with van der Waals surface area (Å²) in [5.74, 6) is -0.0278. The van der Waals surface area contributed by atoms with Crippen molar-refractivity contribution in [3.63, 3.8) is 0 Å². The van der Waals surface area contributed by atoms with E-state index in [1.165, 1.54) is 12.8 Å².